The molecule has 148 valence electrons. The molecule has 1 saturated carbocycles. The Morgan fingerprint density at radius 1 is 1.11 bits per heavy atom. The Bertz CT molecular complexity index is 1010. The lowest BCUT2D eigenvalue weighted by atomic mass is 9.84. The lowest BCUT2D eigenvalue weighted by Gasteiger charge is -2.32. The molecule has 5 nitrogen and oxygen atoms in total. The van der Waals surface area contributed by atoms with Crippen LogP contribution in [0.5, 0.6) is 0 Å². The Morgan fingerprint density at radius 2 is 1.79 bits per heavy atom. The summed E-state index contributed by atoms with van der Waals surface area (Å²) in [6.07, 6.45) is 3.73. The molecule has 6 heteroatoms. The van der Waals surface area contributed by atoms with Crippen LogP contribution < -0.4 is 9.21 Å². The molecule has 0 bridgehead atoms. The lowest BCUT2D eigenvalue weighted by molar-refractivity contribution is -0.125. The predicted molar refractivity (Wildman–Crippen MR) is 111 cm³/mol. The van der Waals surface area contributed by atoms with E-state index in [1.165, 1.54) is 4.31 Å². The predicted octanol–water partition coefficient (Wildman–Crippen LogP) is 3.90. The summed E-state index contributed by atoms with van der Waals surface area (Å²) in [5, 5.41) is 0. The smallest absolute Gasteiger partial charge is 0.264 e. The third kappa shape index (κ3) is 3.09. The number of sulfonamides is 1. The summed E-state index contributed by atoms with van der Waals surface area (Å²) in [7, 11) is -2.09. The van der Waals surface area contributed by atoms with Gasteiger partial charge in [-0.2, -0.15) is 0 Å². The van der Waals surface area contributed by atoms with E-state index in [2.05, 4.69) is 0 Å². The molecule has 2 aromatic rings. The van der Waals surface area contributed by atoms with Crippen molar-refractivity contribution >= 4 is 27.3 Å². The van der Waals surface area contributed by atoms with Crippen molar-refractivity contribution < 1.29 is 13.2 Å². The SMILES string of the molecule is Cc1ccc(N(C)S(=O)(=O)c2ccc3c(c2)CC(C)N3C(=O)C2CCC2)cc1. The number of hydrogen-bond acceptors (Lipinski definition) is 3. The molecule has 1 fully saturated rings. The molecular weight excluding hydrogens is 372 g/mol. The molecule has 0 radical (unpaired) electrons. The van der Waals surface area contributed by atoms with E-state index in [4.69, 9.17) is 0 Å². The van der Waals surface area contributed by atoms with Gasteiger partial charge in [-0.1, -0.05) is 24.1 Å². The number of carbonyl (C=O) groups is 1. The number of nitrogens with zero attached hydrogens (tertiary/aromatic N) is 2. The molecule has 0 aromatic heterocycles. The van der Waals surface area contributed by atoms with Crippen LogP contribution in [0.1, 0.15) is 37.3 Å². The first-order chi connectivity index (χ1) is 13.3. The lowest BCUT2D eigenvalue weighted by Crippen LogP contribution is -2.42. The van der Waals surface area contributed by atoms with Gasteiger partial charge in [-0.15, -0.1) is 0 Å². The average Bonchev–Trinajstić information content (AvgIpc) is 2.95. The van der Waals surface area contributed by atoms with Crippen molar-refractivity contribution in [2.75, 3.05) is 16.3 Å². The van der Waals surface area contributed by atoms with E-state index in [0.29, 0.717) is 12.1 Å². The van der Waals surface area contributed by atoms with Crippen molar-refractivity contribution in [2.24, 2.45) is 5.92 Å². The highest BCUT2D eigenvalue weighted by molar-refractivity contribution is 7.92. The number of aryl methyl sites for hydroxylation is 1. The van der Waals surface area contributed by atoms with Gasteiger partial charge in [0.2, 0.25) is 5.91 Å². The van der Waals surface area contributed by atoms with Crippen molar-refractivity contribution in [2.45, 2.75) is 50.5 Å². The second kappa shape index (κ2) is 6.92. The highest BCUT2D eigenvalue weighted by Gasteiger charge is 2.37. The van der Waals surface area contributed by atoms with E-state index in [1.807, 2.05) is 30.9 Å². The number of fused-ring (bicyclic) bond motifs is 1. The average molecular weight is 399 g/mol. The fourth-order valence-corrected chi connectivity index (χ4v) is 5.25. The minimum Gasteiger partial charge on any atom is -0.309 e. The molecule has 0 saturated heterocycles. The van der Waals surface area contributed by atoms with Gasteiger partial charge in [-0.3, -0.25) is 9.10 Å². The molecule has 1 aliphatic heterocycles. The maximum atomic E-state index is 13.1. The molecule has 1 unspecified atom stereocenters. The van der Waals surface area contributed by atoms with E-state index in [0.717, 1.165) is 36.1 Å². The number of anilines is 2. The van der Waals surface area contributed by atoms with Crippen LogP contribution in [0.3, 0.4) is 0 Å². The fourth-order valence-electron chi connectivity index (χ4n) is 4.01. The topological polar surface area (TPSA) is 57.7 Å². The molecule has 1 amide bonds. The normalized spacial score (nSPS) is 19.2. The van der Waals surface area contributed by atoms with Gasteiger partial charge in [0.1, 0.15) is 0 Å². The maximum absolute atomic E-state index is 13.1. The molecular formula is C22H26N2O3S. The first-order valence-corrected chi connectivity index (χ1v) is 11.2. The van der Waals surface area contributed by atoms with Crippen LogP contribution in [0.15, 0.2) is 47.4 Å². The second-order valence-corrected chi connectivity index (χ2v) is 9.96. The van der Waals surface area contributed by atoms with Gasteiger partial charge in [0.15, 0.2) is 0 Å². The number of benzene rings is 2. The van der Waals surface area contributed by atoms with Crippen LogP contribution >= 0.6 is 0 Å². The van der Waals surface area contributed by atoms with Crippen molar-refractivity contribution in [3.8, 4) is 0 Å². The number of amides is 1. The van der Waals surface area contributed by atoms with Gasteiger partial charge in [0.05, 0.1) is 10.6 Å². The van der Waals surface area contributed by atoms with E-state index in [1.54, 1.807) is 37.4 Å². The van der Waals surface area contributed by atoms with Gasteiger partial charge >= 0.3 is 0 Å². The molecule has 1 atom stereocenters. The zero-order chi connectivity index (χ0) is 20.1. The summed E-state index contributed by atoms with van der Waals surface area (Å²) >= 11 is 0. The summed E-state index contributed by atoms with van der Waals surface area (Å²) in [4.78, 5) is 14.9. The fraction of sp³-hybridized carbons (Fsp3) is 0.409. The third-order valence-corrected chi connectivity index (χ3v) is 7.80. The first-order valence-electron chi connectivity index (χ1n) is 9.80. The minimum atomic E-state index is -3.66. The standard InChI is InChI=1S/C22H26N2O3S/c1-15-7-9-19(10-8-15)23(3)28(26,27)20-11-12-21-18(14-20)13-16(2)24(21)22(25)17-5-4-6-17/h7-12,14,16-17H,4-6,13H2,1-3H3. The first kappa shape index (κ1) is 19.0. The summed E-state index contributed by atoms with van der Waals surface area (Å²) < 4.78 is 27.6. The Morgan fingerprint density at radius 3 is 2.39 bits per heavy atom. The van der Waals surface area contributed by atoms with Crippen LogP contribution in [0, 0.1) is 12.8 Å². The van der Waals surface area contributed by atoms with Gasteiger partial charge in [-0.05, 0) is 69.0 Å². The Hall–Kier alpha value is -2.34. The zero-order valence-electron chi connectivity index (χ0n) is 16.6. The highest BCUT2D eigenvalue weighted by Crippen LogP contribution is 2.38. The number of carbonyl (C=O) groups excluding carboxylic acids is 1. The maximum Gasteiger partial charge on any atom is 0.264 e. The summed E-state index contributed by atoms with van der Waals surface area (Å²) in [5.41, 5.74) is 3.50. The van der Waals surface area contributed by atoms with Crippen LogP contribution in [0.4, 0.5) is 11.4 Å². The van der Waals surface area contributed by atoms with Crippen molar-refractivity contribution in [3.63, 3.8) is 0 Å². The molecule has 0 spiro atoms. The largest absolute Gasteiger partial charge is 0.309 e. The van der Waals surface area contributed by atoms with Crippen LogP contribution in [-0.2, 0) is 21.2 Å². The van der Waals surface area contributed by atoms with Crippen molar-refractivity contribution in [3.05, 3.63) is 53.6 Å². The second-order valence-electron chi connectivity index (χ2n) is 7.99. The van der Waals surface area contributed by atoms with Crippen molar-refractivity contribution in [1.29, 1.82) is 0 Å². The van der Waals surface area contributed by atoms with Gasteiger partial charge in [-0.25, -0.2) is 8.42 Å². The molecule has 2 aromatic carbocycles. The molecule has 0 N–H and O–H groups in total. The number of hydrogen-bond donors (Lipinski definition) is 0. The molecule has 1 heterocycles. The minimum absolute atomic E-state index is 0.0656. The van der Waals surface area contributed by atoms with E-state index < -0.39 is 10.0 Å². The Kier molecular flexibility index (Phi) is 4.70. The molecule has 28 heavy (non-hydrogen) atoms. The van der Waals surface area contributed by atoms with Crippen LogP contribution in [-0.4, -0.2) is 27.4 Å². The quantitative estimate of drug-likeness (QED) is 0.785. The highest BCUT2D eigenvalue weighted by atomic mass is 32.2. The van der Waals surface area contributed by atoms with Crippen LogP contribution in [0.2, 0.25) is 0 Å². The van der Waals surface area contributed by atoms with Crippen LogP contribution in [0.25, 0.3) is 0 Å². The number of rotatable bonds is 4. The van der Waals surface area contributed by atoms with E-state index in [9.17, 15) is 13.2 Å². The summed E-state index contributed by atoms with van der Waals surface area (Å²) in [5.74, 6) is 0.314. The zero-order valence-corrected chi connectivity index (χ0v) is 17.4. The van der Waals surface area contributed by atoms with E-state index >= 15 is 0 Å². The van der Waals surface area contributed by atoms with Gasteiger partial charge in [0.25, 0.3) is 10.0 Å². The molecule has 2 aliphatic rings. The summed E-state index contributed by atoms with van der Waals surface area (Å²) in [6, 6.07) is 12.6. The van der Waals surface area contributed by atoms with Gasteiger partial charge in [0, 0.05) is 24.7 Å². The third-order valence-electron chi connectivity index (χ3n) is 6.01. The molecule has 1 aliphatic carbocycles. The van der Waals surface area contributed by atoms with Crippen molar-refractivity contribution in [1.82, 2.24) is 0 Å². The monoisotopic (exact) mass is 398 g/mol. The Balaban J connectivity index is 1.64. The molecule has 4 rings (SSSR count). The van der Waals surface area contributed by atoms with Gasteiger partial charge < -0.3 is 4.90 Å². The Labute approximate surface area is 167 Å². The summed E-state index contributed by atoms with van der Waals surface area (Å²) in [6.45, 7) is 4.00. The van der Waals surface area contributed by atoms with E-state index in [-0.39, 0.29) is 22.8 Å².